The molecule has 0 saturated heterocycles. The minimum atomic E-state index is 0.275. The maximum Gasteiger partial charge on any atom is 0.0130 e. The largest absolute Gasteiger partial charge is 0.312 e. The Morgan fingerprint density at radius 3 is 1.48 bits per heavy atom. The minimum Gasteiger partial charge on any atom is -0.312 e. The summed E-state index contributed by atoms with van der Waals surface area (Å²) in [6.45, 7) is 15.1. The molecule has 0 aliphatic heterocycles. The first-order valence-corrected chi connectivity index (χ1v) is 9.52. The molecule has 0 radical (unpaired) electrons. The van der Waals surface area contributed by atoms with Crippen molar-refractivity contribution in [3.05, 3.63) is 0 Å². The molecule has 0 fully saturated rings. The Hall–Kier alpha value is -0.0400. The van der Waals surface area contributed by atoms with Gasteiger partial charge in [0.25, 0.3) is 0 Å². The topological polar surface area (TPSA) is 12.0 Å². The van der Waals surface area contributed by atoms with Crippen molar-refractivity contribution in [1.82, 2.24) is 5.32 Å². The highest BCUT2D eigenvalue weighted by Gasteiger charge is 2.24. The molecule has 1 N–H and O–H groups in total. The van der Waals surface area contributed by atoms with E-state index < -0.39 is 0 Å². The van der Waals surface area contributed by atoms with Crippen LogP contribution in [0.4, 0.5) is 0 Å². The molecule has 0 heterocycles. The summed E-state index contributed by atoms with van der Waals surface area (Å²) in [7, 11) is 0. The summed E-state index contributed by atoms with van der Waals surface area (Å²) < 4.78 is 0. The van der Waals surface area contributed by atoms with Crippen LogP contribution in [0.1, 0.15) is 112 Å². The van der Waals surface area contributed by atoms with Crippen LogP contribution in [-0.4, -0.2) is 12.1 Å². The second kappa shape index (κ2) is 11.5. The molecule has 0 aromatic carbocycles. The molecule has 1 nitrogen and oxygen atoms in total. The van der Waals surface area contributed by atoms with E-state index in [4.69, 9.17) is 0 Å². The van der Waals surface area contributed by atoms with Crippen LogP contribution in [0.2, 0.25) is 0 Å². The van der Waals surface area contributed by atoms with Crippen LogP contribution < -0.4 is 5.32 Å². The van der Waals surface area contributed by atoms with E-state index >= 15 is 0 Å². The van der Waals surface area contributed by atoms with Gasteiger partial charge in [0.15, 0.2) is 0 Å². The number of unbranched alkanes of at least 4 members (excludes halogenated alkanes) is 9. The van der Waals surface area contributed by atoms with Crippen LogP contribution in [0.25, 0.3) is 0 Å². The van der Waals surface area contributed by atoms with Crippen LogP contribution in [0.5, 0.6) is 0 Å². The van der Waals surface area contributed by atoms with E-state index in [9.17, 15) is 0 Å². The van der Waals surface area contributed by atoms with E-state index in [0.717, 1.165) is 0 Å². The van der Waals surface area contributed by atoms with Crippen molar-refractivity contribution < 1.29 is 0 Å². The highest BCUT2D eigenvalue weighted by atomic mass is 14.9. The van der Waals surface area contributed by atoms with E-state index in [0.29, 0.717) is 5.41 Å². The van der Waals surface area contributed by atoms with Gasteiger partial charge in [-0.05, 0) is 38.6 Å². The fourth-order valence-electron chi connectivity index (χ4n) is 3.43. The lowest BCUT2D eigenvalue weighted by Crippen LogP contribution is -2.42. The normalized spacial score (nSPS) is 12.9. The van der Waals surface area contributed by atoms with Gasteiger partial charge in [0.2, 0.25) is 0 Å². The predicted molar refractivity (Wildman–Crippen MR) is 98.0 cm³/mol. The number of hydrogen-bond donors (Lipinski definition) is 1. The molecule has 21 heavy (non-hydrogen) atoms. The Morgan fingerprint density at radius 2 is 1.05 bits per heavy atom. The zero-order chi connectivity index (χ0) is 16.2. The molecule has 0 aromatic heterocycles. The van der Waals surface area contributed by atoms with Gasteiger partial charge in [-0.3, -0.25) is 0 Å². The van der Waals surface area contributed by atoms with Gasteiger partial charge >= 0.3 is 0 Å². The first-order chi connectivity index (χ1) is 9.77. The number of hydrogen-bond acceptors (Lipinski definition) is 1. The van der Waals surface area contributed by atoms with Gasteiger partial charge in [-0.1, -0.05) is 85.5 Å². The summed E-state index contributed by atoms with van der Waals surface area (Å²) in [5.74, 6) is 0. The smallest absolute Gasteiger partial charge is 0.0130 e. The molecule has 0 rings (SSSR count). The van der Waals surface area contributed by atoms with Crippen molar-refractivity contribution in [3.63, 3.8) is 0 Å². The first-order valence-electron chi connectivity index (χ1n) is 9.52. The highest BCUT2D eigenvalue weighted by molar-refractivity contribution is 4.82. The van der Waals surface area contributed by atoms with Crippen molar-refractivity contribution in [1.29, 1.82) is 0 Å². The summed E-state index contributed by atoms with van der Waals surface area (Å²) in [5, 5.41) is 3.74. The zero-order valence-electron chi connectivity index (χ0n) is 16.0. The maximum absolute atomic E-state index is 3.74. The number of rotatable bonds is 13. The molecule has 0 saturated carbocycles. The van der Waals surface area contributed by atoms with E-state index in [1.54, 1.807) is 0 Å². The minimum absolute atomic E-state index is 0.275. The molecule has 0 aliphatic carbocycles. The fourth-order valence-corrected chi connectivity index (χ4v) is 3.43. The van der Waals surface area contributed by atoms with E-state index in [1.807, 2.05) is 0 Å². The predicted octanol–water partition coefficient (Wildman–Crippen LogP) is 6.71. The summed E-state index contributed by atoms with van der Waals surface area (Å²) in [6, 6.07) is 0. The van der Waals surface area contributed by atoms with Gasteiger partial charge in [0.05, 0.1) is 0 Å². The third-order valence-electron chi connectivity index (χ3n) is 4.11. The first kappa shape index (κ1) is 21.0. The highest BCUT2D eigenvalue weighted by Crippen LogP contribution is 2.26. The van der Waals surface area contributed by atoms with Crippen molar-refractivity contribution in [2.24, 2.45) is 5.41 Å². The molecule has 0 atom stereocenters. The van der Waals surface area contributed by atoms with Gasteiger partial charge in [-0.2, -0.15) is 0 Å². The van der Waals surface area contributed by atoms with Crippen molar-refractivity contribution in [3.8, 4) is 0 Å². The Kier molecular flexibility index (Phi) is 11.5. The van der Waals surface area contributed by atoms with Crippen molar-refractivity contribution in [2.75, 3.05) is 6.54 Å². The van der Waals surface area contributed by atoms with Crippen LogP contribution in [0.3, 0.4) is 0 Å². The standard InChI is InChI=1S/C20H43N/c1-7-8-9-10-11-12-13-14-15-16-17-21-20(5,6)18-19(2,3)4/h21H,7-18H2,1-6H3. The molecule has 128 valence electrons. The van der Waals surface area contributed by atoms with Gasteiger partial charge in [-0.25, -0.2) is 0 Å². The molecule has 0 aromatic rings. The Balaban J connectivity index is 3.36. The summed E-state index contributed by atoms with van der Waals surface area (Å²) >= 11 is 0. The molecular weight excluding hydrogens is 254 g/mol. The summed E-state index contributed by atoms with van der Waals surface area (Å²) in [6.07, 6.45) is 15.4. The Bertz CT molecular complexity index is 224. The third-order valence-corrected chi connectivity index (χ3v) is 4.11. The molecule has 0 amide bonds. The van der Waals surface area contributed by atoms with Gasteiger partial charge in [-0.15, -0.1) is 0 Å². The lowest BCUT2D eigenvalue weighted by Gasteiger charge is -2.33. The molecule has 0 bridgehead atoms. The quantitative estimate of drug-likeness (QED) is 0.372. The fraction of sp³-hybridized carbons (Fsp3) is 1.00. The number of nitrogens with one attached hydrogen (secondary N) is 1. The van der Waals surface area contributed by atoms with Gasteiger partial charge in [0, 0.05) is 5.54 Å². The molecular formula is C20H43N. The lowest BCUT2D eigenvalue weighted by molar-refractivity contribution is 0.241. The van der Waals surface area contributed by atoms with E-state index in [-0.39, 0.29) is 5.54 Å². The van der Waals surface area contributed by atoms with Gasteiger partial charge < -0.3 is 5.32 Å². The molecule has 0 spiro atoms. The van der Waals surface area contributed by atoms with Crippen molar-refractivity contribution >= 4 is 0 Å². The average Bonchev–Trinajstić information content (AvgIpc) is 2.33. The van der Waals surface area contributed by atoms with Crippen LogP contribution >= 0.6 is 0 Å². The van der Waals surface area contributed by atoms with Crippen LogP contribution in [-0.2, 0) is 0 Å². The van der Waals surface area contributed by atoms with Gasteiger partial charge in [0.1, 0.15) is 0 Å². The maximum atomic E-state index is 3.74. The lowest BCUT2D eigenvalue weighted by atomic mass is 9.82. The second-order valence-corrected chi connectivity index (χ2v) is 8.73. The average molecular weight is 298 g/mol. The SMILES string of the molecule is CCCCCCCCCCCCNC(C)(C)CC(C)(C)C. The van der Waals surface area contributed by atoms with Crippen LogP contribution in [0.15, 0.2) is 0 Å². The third kappa shape index (κ3) is 16.2. The second-order valence-electron chi connectivity index (χ2n) is 8.73. The van der Waals surface area contributed by atoms with Crippen molar-refractivity contribution in [2.45, 2.75) is 118 Å². The van der Waals surface area contributed by atoms with Crippen LogP contribution in [0, 0.1) is 5.41 Å². The Morgan fingerprint density at radius 1 is 0.619 bits per heavy atom. The molecule has 0 unspecified atom stereocenters. The molecule has 1 heteroatoms. The Labute approximate surface area is 135 Å². The summed E-state index contributed by atoms with van der Waals surface area (Å²) in [5.41, 5.74) is 0.686. The van der Waals surface area contributed by atoms with E-state index in [2.05, 4.69) is 46.9 Å². The molecule has 0 aliphatic rings. The van der Waals surface area contributed by atoms with E-state index in [1.165, 1.54) is 77.2 Å². The monoisotopic (exact) mass is 297 g/mol. The summed E-state index contributed by atoms with van der Waals surface area (Å²) in [4.78, 5) is 0. The zero-order valence-corrected chi connectivity index (χ0v) is 16.0.